The molecule has 0 N–H and O–H groups in total. The Morgan fingerprint density at radius 1 is 0.955 bits per heavy atom. The van der Waals surface area contributed by atoms with Crippen molar-refractivity contribution < 1.29 is 37.7 Å². The molecule has 0 radical (unpaired) electrons. The second kappa shape index (κ2) is 16.2. The molecule has 0 heterocycles. The zero-order chi connectivity index (χ0) is 33.0. The zero-order valence-corrected chi connectivity index (χ0v) is 28.9. The van der Waals surface area contributed by atoms with Crippen molar-refractivity contribution in [2.45, 2.75) is 83.3 Å². The summed E-state index contributed by atoms with van der Waals surface area (Å²) in [6.07, 6.45) is -0.635. The number of methoxy groups -OCH3 is 3. The summed E-state index contributed by atoms with van der Waals surface area (Å²) in [6, 6.07) is 16.7. The molecule has 242 valence electrons. The first-order valence-corrected chi connectivity index (χ1v) is 17.5. The van der Waals surface area contributed by atoms with E-state index in [0.29, 0.717) is 12.2 Å². The first-order valence-electron chi connectivity index (χ1n) is 14.6. The molecular formula is C34H49NO8Si. The molecule has 2 atom stereocenters. The summed E-state index contributed by atoms with van der Waals surface area (Å²) >= 11 is 0. The number of benzene rings is 2. The fourth-order valence-corrected chi connectivity index (χ4v) is 4.88. The second-order valence-corrected chi connectivity index (χ2v) is 17.3. The van der Waals surface area contributed by atoms with E-state index in [1.165, 1.54) is 19.1 Å². The number of hydrogen-bond donors (Lipinski definition) is 0. The van der Waals surface area contributed by atoms with Crippen LogP contribution in [0.2, 0.25) is 18.1 Å². The third kappa shape index (κ3) is 9.91. The van der Waals surface area contributed by atoms with E-state index < -0.39 is 31.7 Å². The average molecular weight is 628 g/mol. The highest BCUT2D eigenvalue weighted by Crippen LogP contribution is 2.36. The first-order chi connectivity index (χ1) is 20.7. The van der Waals surface area contributed by atoms with Crippen LogP contribution in [0.1, 0.15) is 45.7 Å². The topological polar surface area (TPSA) is 92.8 Å². The highest BCUT2D eigenvalue weighted by atomic mass is 28.4. The van der Waals surface area contributed by atoms with Crippen molar-refractivity contribution >= 4 is 20.7 Å². The predicted octanol–water partition coefficient (Wildman–Crippen LogP) is 5.58. The van der Waals surface area contributed by atoms with Crippen molar-refractivity contribution in [3.05, 3.63) is 65.7 Å². The highest BCUT2D eigenvalue weighted by molar-refractivity contribution is 6.74. The van der Waals surface area contributed by atoms with Gasteiger partial charge in [-0.3, -0.25) is 4.79 Å². The number of rotatable bonds is 16. The summed E-state index contributed by atoms with van der Waals surface area (Å²) in [4.78, 5) is 28.2. The van der Waals surface area contributed by atoms with Gasteiger partial charge in [-0.05, 0) is 55.2 Å². The van der Waals surface area contributed by atoms with Gasteiger partial charge in [0.15, 0.2) is 20.2 Å². The number of carbonyl (C=O) groups excluding carboxylic acids is 2. The van der Waals surface area contributed by atoms with Crippen molar-refractivity contribution in [2.24, 2.45) is 0 Å². The van der Waals surface area contributed by atoms with Crippen molar-refractivity contribution in [1.29, 1.82) is 0 Å². The van der Waals surface area contributed by atoms with Crippen LogP contribution in [0.3, 0.4) is 0 Å². The lowest BCUT2D eigenvalue weighted by Crippen LogP contribution is -2.66. The van der Waals surface area contributed by atoms with Gasteiger partial charge in [-0.25, -0.2) is 4.79 Å². The molecule has 2 aromatic rings. The smallest absolute Gasteiger partial charge is 0.338 e. The van der Waals surface area contributed by atoms with Gasteiger partial charge in [0.05, 0.1) is 34.0 Å². The Hall–Kier alpha value is -3.20. The fourth-order valence-electron chi connectivity index (χ4n) is 4.01. The molecule has 1 amide bonds. The predicted molar refractivity (Wildman–Crippen MR) is 172 cm³/mol. The van der Waals surface area contributed by atoms with Gasteiger partial charge in [-0.15, -0.1) is 0 Å². The van der Waals surface area contributed by atoms with E-state index in [4.69, 9.17) is 28.1 Å². The molecule has 0 aliphatic heterocycles. The minimum Gasteiger partial charge on any atom is -0.497 e. The van der Waals surface area contributed by atoms with Crippen molar-refractivity contribution in [2.75, 3.05) is 34.5 Å². The quantitative estimate of drug-likeness (QED) is 0.0784. The van der Waals surface area contributed by atoms with Crippen molar-refractivity contribution in [3.8, 4) is 17.6 Å². The summed E-state index contributed by atoms with van der Waals surface area (Å²) in [5.74, 6) is 4.90. The summed E-state index contributed by atoms with van der Waals surface area (Å²) in [5, 5.41) is -0.0175. The summed E-state index contributed by atoms with van der Waals surface area (Å²) in [5.41, 5.74) is -0.193. The van der Waals surface area contributed by atoms with E-state index >= 15 is 0 Å². The Bertz CT molecular complexity index is 1250. The first kappa shape index (κ1) is 37.0. The lowest BCUT2D eigenvalue weighted by Gasteiger charge is -2.44. The number of nitrogens with zero attached hydrogens (tertiary/aromatic N) is 1. The maximum atomic E-state index is 14.0. The van der Waals surface area contributed by atoms with Crippen LogP contribution in [0, 0.1) is 11.8 Å². The van der Waals surface area contributed by atoms with Crippen LogP contribution in [0.5, 0.6) is 5.75 Å². The van der Waals surface area contributed by atoms with Crippen LogP contribution >= 0.6 is 0 Å². The molecule has 10 heteroatoms. The fraction of sp³-hybridized carbons (Fsp3) is 0.529. The standard InChI is InChI=1S/C34H49NO8Si/c1-32(2,3)44(9,10)42-22-14-17-30(43-33(4,5)40-8)34(31(37)39-7,25-41-24-28-15-12-11-13-16-28)35(26-36)23-27-18-20-29(38-6)21-19-27/h11-13,15-16,18-21,26,30H,22-25H2,1-10H3. The molecular weight excluding hydrogens is 578 g/mol. The van der Waals surface area contributed by atoms with E-state index in [-0.39, 0.29) is 31.4 Å². The van der Waals surface area contributed by atoms with Gasteiger partial charge >= 0.3 is 5.97 Å². The molecule has 2 unspecified atom stereocenters. The third-order valence-electron chi connectivity index (χ3n) is 8.00. The van der Waals surface area contributed by atoms with Crippen LogP contribution in [0.4, 0.5) is 0 Å². The molecule has 0 aliphatic rings. The minimum absolute atomic E-state index is 0.0175. The number of amides is 1. The van der Waals surface area contributed by atoms with Gasteiger partial charge in [-0.1, -0.05) is 75.1 Å². The van der Waals surface area contributed by atoms with Crippen molar-refractivity contribution in [3.63, 3.8) is 0 Å². The van der Waals surface area contributed by atoms with E-state index in [1.54, 1.807) is 33.1 Å². The Morgan fingerprint density at radius 2 is 1.59 bits per heavy atom. The molecule has 0 aliphatic carbocycles. The van der Waals surface area contributed by atoms with Crippen LogP contribution in [-0.2, 0) is 46.1 Å². The van der Waals surface area contributed by atoms with Gasteiger partial charge in [0.25, 0.3) is 0 Å². The maximum Gasteiger partial charge on any atom is 0.338 e. The molecule has 9 nitrogen and oxygen atoms in total. The zero-order valence-electron chi connectivity index (χ0n) is 27.9. The maximum absolute atomic E-state index is 14.0. The van der Waals surface area contributed by atoms with Crippen LogP contribution in [0.25, 0.3) is 0 Å². The molecule has 2 aromatic carbocycles. The molecule has 0 fully saturated rings. The minimum atomic E-state index is -2.11. The summed E-state index contributed by atoms with van der Waals surface area (Å²) < 4.78 is 35.1. The van der Waals surface area contributed by atoms with Crippen molar-refractivity contribution in [1.82, 2.24) is 4.90 Å². The molecule has 2 rings (SSSR count). The summed E-state index contributed by atoms with van der Waals surface area (Å²) in [6.45, 7) is 14.2. The van der Waals surface area contributed by atoms with E-state index in [0.717, 1.165) is 11.1 Å². The number of ether oxygens (including phenoxy) is 5. The number of hydrogen-bond acceptors (Lipinski definition) is 8. The lowest BCUT2D eigenvalue weighted by atomic mass is 9.89. The van der Waals surface area contributed by atoms with Gasteiger partial charge in [0.1, 0.15) is 5.75 Å². The van der Waals surface area contributed by atoms with E-state index in [1.807, 2.05) is 42.5 Å². The third-order valence-corrected chi connectivity index (χ3v) is 12.5. The van der Waals surface area contributed by atoms with Gasteiger partial charge in [0.2, 0.25) is 11.9 Å². The van der Waals surface area contributed by atoms with Crippen LogP contribution in [0.15, 0.2) is 54.6 Å². The van der Waals surface area contributed by atoms with Gasteiger partial charge < -0.3 is 33.0 Å². The van der Waals surface area contributed by atoms with Crippen LogP contribution < -0.4 is 4.74 Å². The Kier molecular flexibility index (Phi) is 13.6. The molecule has 0 saturated heterocycles. The molecule has 0 bridgehead atoms. The Labute approximate surface area is 264 Å². The lowest BCUT2D eigenvalue weighted by molar-refractivity contribution is -0.241. The number of esters is 1. The van der Waals surface area contributed by atoms with E-state index in [9.17, 15) is 9.59 Å². The average Bonchev–Trinajstić information content (AvgIpc) is 2.99. The largest absolute Gasteiger partial charge is 0.497 e. The monoisotopic (exact) mass is 627 g/mol. The normalized spacial score (nSPS) is 14.0. The Morgan fingerprint density at radius 3 is 2.11 bits per heavy atom. The Balaban J connectivity index is 2.66. The SMILES string of the molecule is COC(=O)C(COCc1ccccc1)(C(C#CCO[Si](C)(C)C(C)(C)C)OC(C)(C)OC)N(C=O)Cc1ccc(OC)cc1. The van der Waals surface area contributed by atoms with Gasteiger partial charge in [0, 0.05) is 13.7 Å². The van der Waals surface area contributed by atoms with E-state index in [2.05, 4.69) is 45.7 Å². The van der Waals surface area contributed by atoms with Crippen LogP contribution in [-0.4, -0.2) is 77.6 Å². The van der Waals surface area contributed by atoms with Gasteiger partial charge in [-0.2, -0.15) is 0 Å². The molecule has 0 saturated carbocycles. The molecule has 44 heavy (non-hydrogen) atoms. The number of carbonyl (C=O) groups is 2. The molecule has 0 aromatic heterocycles. The molecule has 0 spiro atoms. The summed E-state index contributed by atoms with van der Waals surface area (Å²) in [7, 11) is 2.22. The highest BCUT2D eigenvalue weighted by Gasteiger charge is 2.54. The second-order valence-electron chi connectivity index (χ2n) is 12.4.